The normalized spacial score (nSPS) is 12.8. The van der Waals surface area contributed by atoms with Crippen LogP contribution in [-0.4, -0.2) is 30.8 Å². The molecule has 2 N–H and O–H groups in total. The van der Waals surface area contributed by atoms with Gasteiger partial charge in [-0.25, -0.2) is 4.39 Å². The quantitative estimate of drug-likeness (QED) is 0.134. The Balaban J connectivity index is 1.60. The lowest BCUT2D eigenvalue weighted by atomic mass is 9.67. The first-order valence-corrected chi connectivity index (χ1v) is 16.2. The van der Waals surface area contributed by atoms with Crippen LogP contribution in [-0.2, 0) is 17.8 Å². The van der Waals surface area contributed by atoms with Gasteiger partial charge in [0.2, 0.25) is 0 Å². The Kier molecular flexibility index (Phi) is 9.63. The van der Waals surface area contributed by atoms with Crippen molar-refractivity contribution in [2.24, 2.45) is 5.41 Å². The number of thioether (sulfide) groups is 1. The van der Waals surface area contributed by atoms with Gasteiger partial charge in [-0.1, -0.05) is 65.0 Å². The number of carboxylic acid groups (broad SMARTS) is 1. The highest BCUT2D eigenvalue weighted by Crippen LogP contribution is 2.50. The van der Waals surface area contributed by atoms with Gasteiger partial charge in [0, 0.05) is 50.1 Å². The van der Waals surface area contributed by atoms with E-state index in [9.17, 15) is 14.3 Å². The Morgan fingerprint density at radius 1 is 0.978 bits per heavy atom. The fourth-order valence-corrected chi connectivity index (χ4v) is 7.15. The smallest absolute Gasteiger partial charge is 0.310 e. The second kappa shape index (κ2) is 13.4. The van der Waals surface area contributed by atoms with Crippen LogP contribution in [0.2, 0.25) is 0 Å². The molecule has 0 saturated heterocycles. The first-order valence-electron chi connectivity index (χ1n) is 15.3. The van der Waals surface area contributed by atoms with E-state index in [4.69, 9.17) is 4.74 Å². The minimum absolute atomic E-state index is 0.141. The lowest BCUT2D eigenvalue weighted by Gasteiger charge is -2.36. The van der Waals surface area contributed by atoms with Crippen molar-refractivity contribution in [1.82, 2.24) is 15.0 Å². The number of carboxylic acids is 1. The molecular weight excluding hydrogens is 585 g/mol. The number of halogens is 1. The molecule has 45 heavy (non-hydrogen) atoms. The third-order valence-corrected chi connectivity index (χ3v) is 9.66. The number of carbonyl (C=O) groups is 1. The number of aromatic amines is 1. The Morgan fingerprint density at radius 2 is 1.71 bits per heavy atom. The summed E-state index contributed by atoms with van der Waals surface area (Å²) in [7, 11) is 0. The van der Waals surface area contributed by atoms with Crippen molar-refractivity contribution in [3.63, 3.8) is 0 Å². The van der Waals surface area contributed by atoms with Crippen LogP contribution in [0.3, 0.4) is 0 Å². The number of benzene rings is 2. The molecule has 5 rings (SSSR count). The van der Waals surface area contributed by atoms with E-state index in [1.807, 2.05) is 74.5 Å². The Labute approximate surface area is 268 Å². The van der Waals surface area contributed by atoms with Crippen molar-refractivity contribution in [3.05, 3.63) is 108 Å². The molecule has 0 radical (unpaired) electrons. The van der Waals surface area contributed by atoms with Crippen LogP contribution in [0.25, 0.3) is 22.2 Å². The zero-order valence-electron chi connectivity index (χ0n) is 26.4. The van der Waals surface area contributed by atoms with Gasteiger partial charge in [-0.2, -0.15) is 0 Å². The van der Waals surface area contributed by atoms with Gasteiger partial charge in [0.05, 0.1) is 11.1 Å². The number of nitrogens with zero attached hydrogens (tertiary/aromatic N) is 2. The predicted octanol–water partition coefficient (Wildman–Crippen LogP) is 9.45. The van der Waals surface area contributed by atoms with Crippen LogP contribution in [0, 0.1) is 11.2 Å². The minimum Gasteiger partial charge on any atom is -0.487 e. The van der Waals surface area contributed by atoms with Gasteiger partial charge in [0.25, 0.3) is 0 Å². The molecule has 0 bridgehead atoms. The minimum atomic E-state index is -1.02. The van der Waals surface area contributed by atoms with E-state index in [0.29, 0.717) is 37.1 Å². The first-order chi connectivity index (χ1) is 21.5. The Bertz CT molecular complexity index is 1760. The van der Waals surface area contributed by atoms with Crippen molar-refractivity contribution in [2.45, 2.75) is 76.0 Å². The van der Waals surface area contributed by atoms with Gasteiger partial charge in [0.1, 0.15) is 23.9 Å². The Morgan fingerprint density at radius 3 is 2.33 bits per heavy atom. The number of nitrogens with one attached hydrogen (secondary N) is 1. The monoisotopic (exact) mass is 625 g/mol. The van der Waals surface area contributed by atoms with E-state index >= 15 is 0 Å². The summed E-state index contributed by atoms with van der Waals surface area (Å²) in [4.78, 5) is 26.4. The van der Waals surface area contributed by atoms with Crippen LogP contribution >= 0.6 is 11.8 Å². The fourth-order valence-electron chi connectivity index (χ4n) is 5.96. The third kappa shape index (κ3) is 7.06. The van der Waals surface area contributed by atoms with Crippen LogP contribution in [0.15, 0.2) is 90.1 Å². The molecule has 2 aromatic carbocycles. The van der Waals surface area contributed by atoms with Gasteiger partial charge in [-0.15, -0.1) is 11.8 Å². The zero-order chi connectivity index (χ0) is 32.2. The van der Waals surface area contributed by atoms with E-state index in [1.165, 1.54) is 6.07 Å². The zero-order valence-corrected chi connectivity index (χ0v) is 27.2. The van der Waals surface area contributed by atoms with Crippen molar-refractivity contribution in [1.29, 1.82) is 0 Å². The molecule has 3 aromatic heterocycles. The van der Waals surface area contributed by atoms with Crippen molar-refractivity contribution in [3.8, 4) is 17.0 Å². The molecule has 0 fully saturated rings. The highest BCUT2D eigenvalue weighted by Gasteiger charge is 2.45. The molecular formula is C37H40FN3O3S. The van der Waals surface area contributed by atoms with Crippen molar-refractivity contribution < 1.29 is 19.0 Å². The fraction of sp³-hybridized carbons (Fsp3) is 0.324. The topological polar surface area (TPSA) is 88.1 Å². The lowest BCUT2D eigenvalue weighted by Crippen LogP contribution is -2.38. The second-order valence-corrected chi connectivity index (χ2v) is 14.2. The third-order valence-electron chi connectivity index (χ3n) is 8.40. The summed E-state index contributed by atoms with van der Waals surface area (Å²) in [5.41, 5.74) is 3.61. The molecule has 6 nitrogen and oxygen atoms in total. The van der Waals surface area contributed by atoms with E-state index in [0.717, 1.165) is 38.5 Å². The molecule has 0 aliphatic carbocycles. The summed E-state index contributed by atoms with van der Waals surface area (Å²) in [5, 5.41) is 11.8. The summed E-state index contributed by atoms with van der Waals surface area (Å²) < 4.78 is 20.4. The summed E-state index contributed by atoms with van der Waals surface area (Å²) in [6.07, 6.45) is 4.75. The van der Waals surface area contributed by atoms with E-state index in [2.05, 4.69) is 35.7 Å². The number of rotatable bonds is 12. The number of pyridine rings is 2. The van der Waals surface area contributed by atoms with E-state index < -0.39 is 11.4 Å². The molecule has 0 saturated carbocycles. The molecule has 0 aliphatic rings. The Hall–Kier alpha value is -4.17. The standard InChI is InChI=1S/C37H40FN3O3S/c1-6-37(7-2,35(42)43)29(21-24-13-15-25(16-14-24)32-30(38)12-10-20-40-32)33-34(45-36(3,4)5)28-22-27(17-18-31(28)41-33)44-23-26-11-8-9-19-39-26/h8-20,22,29,41H,6-7,21,23H2,1-5H3,(H,42,43). The summed E-state index contributed by atoms with van der Waals surface area (Å²) in [5.74, 6) is -0.832. The highest BCUT2D eigenvalue weighted by atomic mass is 32.2. The van der Waals surface area contributed by atoms with Gasteiger partial charge >= 0.3 is 5.97 Å². The average molecular weight is 626 g/mol. The number of fused-ring (bicyclic) bond motifs is 1. The molecule has 3 heterocycles. The summed E-state index contributed by atoms with van der Waals surface area (Å²) in [6.45, 7) is 10.8. The van der Waals surface area contributed by atoms with Crippen molar-refractivity contribution in [2.75, 3.05) is 0 Å². The predicted molar refractivity (Wildman–Crippen MR) is 179 cm³/mol. The van der Waals surface area contributed by atoms with E-state index in [1.54, 1.807) is 30.2 Å². The SMILES string of the molecule is CCC(CC)(C(=O)O)C(Cc1ccc(-c2ncccc2F)cc1)c1[nH]c2ccc(OCc3ccccn3)cc2c1SC(C)(C)C. The maximum Gasteiger partial charge on any atom is 0.310 e. The lowest BCUT2D eigenvalue weighted by molar-refractivity contribution is -0.151. The maximum absolute atomic E-state index is 14.4. The molecule has 8 heteroatoms. The van der Waals surface area contributed by atoms with Gasteiger partial charge < -0.3 is 14.8 Å². The molecule has 5 aromatic rings. The molecule has 0 spiro atoms. The van der Waals surface area contributed by atoms with Crippen molar-refractivity contribution >= 4 is 28.6 Å². The van der Waals surface area contributed by atoms with Crippen LogP contribution in [0.4, 0.5) is 4.39 Å². The molecule has 0 amide bonds. The van der Waals surface area contributed by atoms with Gasteiger partial charge in [0.15, 0.2) is 0 Å². The maximum atomic E-state index is 14.4. The largest absolute Gasteiger partial charge is 0.487 e. The number of H-pyrrole nitrogens is 1. The number of ether oxygens (including phenoxy) is 1. The van der Waals surface area contributed by atoms with Gasteiger partial charge in [-0.3, -0.25) is 14.8 Å². The van der Waals surface area contributed by atoms with Crippen LogP contribution < -0.4 is 4.74 Å². The molecule has 234 valence electrons. The second-order valence-electron chi connectivity index (χ2n) is 12.4. The van der Waals surface area contributed by atoms with E-state index in [-0.39, 0.29) is 16.5 Å². The van der Waals surface area contributed by atoms with Gasteiger partial charge in [-0.05, 0) is 67.3 Å². The van der Waals surface area contributed by atoms with Crippen LogP contribution in [0.1, 0.15) is 70.3 Å². The summed E-state index contributed by atoms with van der Waals surface area (Å²) in [6, 6.07) is 22.3. The first kappa shape index (κ1) is 32.2. The molecule has 0 aliphatic heterocycles. The number of aromatic nitrogens is 3. The number of hydrogen-bond donors (Lipinski definition) is 2. The highest BCUT2D eigenvalue weighted by molar-refractivity contribution is 8.00. The molecule has 1 atom stereocenters. The van der Waals surface area contributed by atoms with Crippen LogP contribution in [0.5, 0.6) is 5.75 Å². The average Bonchev–Trinajstić information content (AvgIpc) is 3.37. The number of aliphatic carboxylic acids is 1. The number of hydrogen-bond acceptors (Lipinski definition) is 5. The molecule has 1 unspecified atom stereocenters. The summed E-state index contributed by atoms with van der Waals surface area (Å²) >= 11 is 1.73.